The summed E-state index contributed by atoms with van der Waals surface area (Å²) in [6, 6.07) is 39.4. The number of hydrogen-bond donors (Lipinski definition) is 0. The average Bonchev–Trinajstić information content (AvgIpc) is 3.32. The highest BCUT2D eigenvalue weighted by atomic mass is 15.0. The largest absolute Gasteiger partial charge is 0.262 e. The number of benzene rings is 3. The first-order valence-electron chi connectivity index (χ1n) is 24.0. The zero-order valence-electron chi connectivity index (χ0n) is 46.5. The molecule has 0 radical (unpaired) electrons. The van der Waals surface area contributed by atoms with Crippen molar-refractivity contribution in [1.29, 1.82) is 0 Å². The van der Waals surface area contributed by atoms with E-state index in [-0.39, 0.29) is 0 Å². The normalized spacial score (nSPS) is 9.25. The molecule has 10 heteroatoms. The van der Waals surface area contributed by atoms with Gasteiger partial charge in [0.1, 0.15) is 18.0 Å². The Morgan fingerprint density at radius 3 is 0.986 bits per heavy atom. The van der Waals surface area contributed by atoms with Crippen molar-refractivity contribution < 1.29 is 0 Å². The molecular formula is C62H80N10. The Morgan fingerprint density at radius 2 is 0.708 bits per heavy atom. The molecule has 0 N–H and O–H groups in total. The predicted octanol–water partition coefficient (Wildman–Crippen LogP) is 14.7. The maximum Gasteiger partial charge on any atom is 0.129 e. The van der Waals surface area contributed by atoms with Gasteiger partial charge >= 0.3 is 0 Å². The Kier molecular flexibility index (Phi) is 31.4. The quantitative estimate of drug-likeness (QED) is 0.145. The number of aromatic nitrogens is 10. The molecule has 0 bridgehead atoms. The van der Waals surface area contributed by atoms with Gasteiger partial charge in [0, 0.05) is 60.0 Å². The highest BCUT2D eigenvalue weighted by Gasteiger charge is 1.89. The third kappa shape index (κ3) is 32.9. The van der Waals surface area contributed by atoms with Crippen LogP contribution in [0.4, 0.5) is 0 Å². The smallest absolute Gasteiger partial charge is 0.129 e. The second kappa shape index (κ2) is 36.3. The van der Waals surface area contributed by atoms with Crippen LogP contribution in [0.2, 0.25) is 0 Å². The van der Waals surface area contributed by atoms with Crippen molar-refractivity contribution in [2.45, 2.75) is 125 Å². The first-order valence-corrected chi connectivity index (χ1v) is 24.0. The maximum absolute atomic E-state index is 4.17. The summed E-state index contributed by atoms with van der Waals surface area (Å²) < 4.78 is 0. The first kappa shape index (κ1) is 62.3. The molecule has 9 aromatic rings. The lowest BCUT2D eigenvalue weighted by atomic mass is 10.1. The summed E-state index contributed by atoms with van der Waals surface area (Å²) >= 11 is 0. The summed E-state index contributed by atoms with van der Waals surface area (Å²) in [7, 11) is 0. The fraction of sp³-hybridized carbons (Fsp3) is 0.290. The summed E-state index contributed by atoms with van der Waals surface area (Å²) in [4.78, 5) is 39.9. The Hall–Kier alpha value is -7.72. The van der Waals surface area contributed by atoms with E-state index in [1.165, 1.54) is 50.8 Å². The molecule has 0 saturated carbocycles. The molecular weight excluding hydrogens is 885 g/mol. The van der Waals surface area contributed by atoms with Gasteiger partial charge in [0.05, 0.1) is 22.8 Å². The lowest BCUT2D eigenvalue weighted by Gasteiger charge is -1.93. The minimum absolute atomic E-state index is 0.775. The Labute approximate surface area is 433 Å². The van der Waals surface area contributed by atoms with E-state index in [1.807, 2.05) is 119 Å². The van der Waals surface area contributed by atoms with Crippen LogP contribution in [0.15, 0.2) is 159 Å². The standard InChI is InChI=1S/3C8H10.3C7H9N.2C6H8N2.C5H7N3/c1-7-3-5-8(2)6-4-7;1-7-4-3-5-8(2)6-7;1-7-5-3-4-6-8(7)2;1-6-3-4-8-7(2)5-6;1-6-3-4-7(2)8-5-6;1-6-4-3-5-7(2)8-6;1-5-3-7-4-6(2)8-5;1-5-6(2)8-4-3-7-5;1-4-6-3-7-5(2)8-4/h3*3-6H,1-2H3;3*3-5H,1-2H3;2*3-4H,1-2H3;3H,1-2H3. The number of nitrogens with zero attached hydrogens (tertiary/aromatic N) is 10. The molecule has 72 heavy (non-hydrogen) atoms. The van der Waals surface area contributed by atoms with Gasteiger partial charge in [-0.25, -0.2) is 15.0 Å². The van der Waals surface area contributed by atoms with Crippen LogP contribution >= 0.6 is 0 Å². The summed E-state index contributed by atoms with van der Waals surface area (Å²) in [5.41, 5.74) is 18.9. The molecule has 0 spiro atoms. The number of aryl methyl sites for hydroxylation is 18. The molecule has 0 aliphatic rings. The molecule has 0 amide bonds. The van der Waals surface area contributed by atoms with Gasteiger partial charge in [0.2, 0.25) is 0 Å². The molecule has 9 rings (SSSR count). The SMILES string of the molecule is Cc1ccc(C)cc1.Cc1ccc(C)nc1.Cc1cccc(C)c1.Cc1cccc(C)n1.Cc1ccccc1C.Cc1ccnc(C)c1.Cc1cncc(C)n1.Cc1nccnc1C.Cc1ncnc(C)n1. The number of rotatable bonds is 0. The van der Waals surface area contributed by atoms with Crippen LogP contribution in [0.25, 0.3) is 0 Å². The monoisotopic (exact) mass is 965 g/mol. The number of pyridine rings is 3. The lowest BCUT2D eigenvalue weighted by Crippen LogP contribution is -1.91. The summed E-state index contributed by atoms with van der Waals surface area (Å²) in [6.07, 6.45) is 12.1. The minimum Gasteiger partial charge on any atom is -0.262 e. The highest BCUT2D eigenvalue weighted by Crippen LogP contribution is 2.04. The van der Waals surface area contributed by atoms with E-state index in [0.29, 0.717) is 0 Å². The van der Waals surface area contributed by atoms with Crippen molar-refractivity contribution in [3.05, 3.63) is 260 Å². The van der Waals surface area contributed by atoms with Crippen molar-refractivity contribution in [3.8, 4) is 0 Å². The third-order valence-electron chi connectivity index (χ3n) is 9.77. The van der Waals surface area contributed by atoms with Crippen LogP contribution in [-0.4, -0.2) is 49.8 Å². The van der Waals surface area contributed by atoms with Gasteiger partial charge in [-0.3, -0.25) is 34.9 Å². The maximum atomic E-state index is 4.17. The van der Waals surface area contributed by atoms with E-state index >= 15 is 0 Å². The van der Waals surface area contributed by atoms with Crippen LogP contribution < -0.4 is 0 Å². The van der Waals surface area contributed by atoms with Crippen LogP contribution in [0, 0.1) is 125 Å². The van der Waals surface area contributed by atoms with E-state index in [9.17, 15) is 0 Å². The average molecular weight is 965 g/mol. The number of hydrogen-bond acceptors (Lipinski definition) is 10. The van der Waals surface area contributed by atoms with E-state index in [2.05, 4.69) is 183 Å². The third-order valence-corrected chi connectivity index (χ3v) is 9.77. The molecule has 6 heterocycles. The van der Waals surface area contributed by atoms with Crippen molar-refractivity contribution in [2.24, 2.45) is 0 Å². The summed E-state index contributed by atoms with van der Waals surface area (Å²) in [5, 5.41) is 0. The predicted molar refractivity (Wildman–Crippen MR) is 301 cm³/mol. The van der Waals surface area contributed by atoms with Gasteiger partial charge < -0.3 is 0 Å². The fourth-order valence-electron chi connectivity index (χ4n) is 5.57. The molecule has 378 valence electrons. The molecule has 0 atom stereocenters. The molecule has 6 aromatic heterocycles. The molecule has 0 fully saturated rings. The summed E-state index contributed by atoms with van der Waals surface area (Å²) in [6.45, 7) is 36.1. The topological polar surface area (TPSA) is 129 Å². The second-order valence-electron chi connectivity index (χ2n) is 17.4. The molecule has 3 aromatic carbocycles. The van der Waals surface area contributed by atoms with Gasteiger partial charge in [-0.15, -0.1) is 0 Å². The van der Waals surface area contributed by atoms with Crippen LogP contribution in [0.5, 0.6) is 0 Å². The van der Waals surface area contributed by atoms with Crippen molar-refractivity contribution in [3.63, 3.8) is 0 Å². The van der Waals surface area contributed by atoms with Crippen molar-refractivity contribution >= 4 is 0 Å². The Bertz CT molecular complexity index is 2330. The van der Waals surface area contributed by atoms with E-state index in [0.717, 1.165) is 57.2 Å². The molecule has 0 aliphatic carbocycles. The Balaban J connectivity index is 0.000000405. The molecule has 10 nitrogen and oxygen atoms in total. The van der Waals surface area contributed by atoms with Crippen LogP contribution in [-0.2, 0) is 0 Å². The van der Waals surface area contributed by atoms with Gasteiger partial charge in [-0.1, -0.05) is 107 Å². The van der Waals surface area contributed by atoms with Crippen molar-refractivity contribution in [1.82, 2.24) is 49.8 Å². The van der Waals surface area contributed by atoms with Gasteiger partial charge in [0.15, 0.2) is 0 Å². The second-order valence-corrected chi connectivity index (χ2v) is 17.4. The van der Waals surface area contributed by atoms with Gasteiger partial charge in [-0.2, -0.15) is 0 Å². The van der Waals surface area contributed by atoms with Gasteiger partial charge in [-0.05, 0) is 177 Å². The minimum atomic E-state index is 0.775. The highest BCUT2D eigenvalue weighted by molar-refractivity contribution is 5.24. The molecule has 0 unspecified atom stereocenters. The lowest BCUT2D eigenvalue weighted by molar-refractivity contribution is 0.920. The first-order chi connectivity index (χ1) is 34.1. The van der Waals surface area contributed by atoms with E-state index < -0.39 is 0 Å². The van der Waals surface area contributed by atoms with Crippen LogP contribution in [0.3, 0.4) is 0 Å². The molecule has 0 saturated heterocycles. The van der Waals surface area contributed by atoms with E-state index in [4.69, 9.17) is 0 Å². The Morgan fingerprint density at radius 1 is 0.264 bits per heavy atom. The fourth-order valence-corrected chi connectivity index (χ4v) is 5.57. The molecule has 0 aliphatic heterocycles. The van der Waals surface area contributed by atoms with E-state index in [1.54, 1.807) is 24.8 Å². The van der Waals surface area contributed by atoms with Crippen molar-refractivity contribution in [2.75, 3.05) is 0 Å². The zero-order valence-corrected chi connectivity index (χ0v) is 46.5. The van der Waals surface area contributed by atoms with Gasteiger partial charge in [0.25, 0.3) is 0 Å². The summed E-state index contributed by atoms with van der Waals surface area (Å²) in [5.74, 6) is 1.55. The zero-order chi connectivity index (χ0) is 53.8. The van der Waals surface area contributed by atoms with Crippen LogP contribution in [0.1, 0.15) is 102 Å².